The molecule has 0 aliphatic carbocycles. The number of hydrogen-bond acceptors (Lipinski definition) is 4. The molecule has 6 nitrogen and oxygen atoms in total. The lowest BCUT2D eigenvalue weighted by atomic mass is 10.3. The van der Waals surface area contributed by atoms with E-state index < -0.39 is 15.3 Å². The molecule has 0 radical (unpaired) electrons. The summed E-state index contributed by atoms with van der Waals surface area (Å²) in [4.78, 5) is 3.86. The predicted molar refractivity (Wildman–Crippen MR) is 70.0 cm³/mol. The number of nitrogens with one attached hydrogen (secondary N) is 1. The molecule has 0 aliphatic rings. The molecule has 8 heteroatoms. The summed E-state index contributed by atoms with van der Waals surface area (Å²) in [5.74, 6) is 0. The minimum absolute atomic E-state index is 0.00244. The summed E-state index contributed by atoms with van der Waals surface area (Å²) in [6.07, 6.45) is 5.40. The quantitative estimate of drug-likeness (QED) is 0.677. The molecular weight excluding hydrogens is 260 g/mol. The maximum absolute atomic E-state index is 11.8. The minimum Gasteiger partial charge on any atom is -0.392 e. The molecule has 0 aromatic carbocycles. The summed E-state index contributed by atoms with van der Waals surface area (Å²) in [6, 6.07) is 0. The largest absolute Gasteiger partial charge is 0.392 e. The van der Waals surface area contributed by atoms with E-state index in [1.165, 1.54) is 0 Å². The predicted octanol–water partition coefficient (Wildman–Crippen LogP) is -0.133. The van der Waals surface area contributed by atoms with Crippen LogP contribution in [-0.2, 0) is 16.6 Å². The molecule has 1 rings (SSSR count). The van der Waals surface area contributed by atoms with Crippen molar-refractivity contribution in [3.05, 3.63) is 18.7 Å². The van der Waals surface area contributed by atoms with Crippen molar-refractivity contribution < 1.29 is 8.42 Å². The van der Waals surface area contributed by atoms with Gasteiger partial charge >= 0.3 is 0 Å². The zero-order valence-electron chi connectivity index (χ0n) is 9.54. The molecule has 1 aromatic rings. The van der Waals surface area contributed by atoms with E-state index in [9.17, 15) is 8.42 Å². The van der Waals surface area contributed by atoms with Gasteiger partial charge in [-0.1, -0.05) is 19.1 Å². The maximum atomic E-state index is 11.8. The van der Waals surface area contributed by atoms with Gasteiger partial charge in [-0.15, -0.1) is 0 Å². The van der Waals surface area contributed by atoms with Crippen LogP contribution in [0.25, 0.3) is 0 Å². The number of thiocarbonyl (C=S) groups is 1. The maximum Gasteiger partial charge on any atom is 0.221 e. The van der Waals surface area contributed by atoms with Crippen molar-refractivity contribution in [3.63, 3.8) is 0 Å². The highest BCUT2D eigenvalue weighted by Gasteiger charge is 2.25. The first-order valence-corrected chi connectivity index (χ1v) is 7.16. The first-order chi connectivity index (χ1) is 7.97. The second-order valence-electron chi connectivity index (χ2n) is 3.54. The Morgan fingerprint density at radius 3 is 2.82 bits per heavy atom. The van der Waals surface area contributed by atoms with Crippen molar-refractivity contribution in [3.8, 4) is 0 Å². The number of imidazole rings is 1. The van der Waals surface area contributed by atoms with E-state index >= 15 is 0 Å². The molecule has 0 spiro atoms. The zero-order chi connectivity index (χ0) is 12.9. The van der Waals surface area contributed by atoms with Gasteiger partial charge < -0.3 is 10.3 Å². The summed E-state index contributed by atoms with van der Waals surface area (Å²) in [5.41, 5.74) is 5.40. The second kappa shape index (κ2) is 6.08. The van der Waals surface area contributed by atoms with Crippen molar-refractivity contribution in [1.82, 2.24) is 14.3 Å². The van der Waals surface area contributed by atoms with Crippen LogP contribution in [0.4, 0.5) is 0 Å². The van der Waals surface area contributed by atoms with Crippen LogP contribution in [0.1, 0.15) is 13.3 Å². The summed E-state index contributed by atoms with van der Waals surface area (Å²) < 4.78 is 27.9. The van der Waals surface area contributed by atoms with Gasteiger partial charge in [-0.2, -0.15) is 0 Å². The first kappa shape index (κ1) is 14.1. The van der Waals surface area contributed by atoms with Crippen molar-refractivity contribution >= 4 is 27.2 Å². The molecule has 0 aliphatic heterocycles. The van der Waals surface area contributed by atoms with Gasteiger partial charge in [0.25, 0.3) is 0 Å². The third-order valence-electron chi connectivity index (χ3n) is 2.30. The molecule has 3 N–H and O–H groups in total. The van der Waals surface area contributed by atoms with E-state index in [-0.39, 0.29) is 11.5 Å². The Kier molecular flexibility index (Phi) is 5.03. The van der Waals surface area contributed by atoms with Gasteiger partial charge in [0, 0.05) is 25.5 Å². The molecule has 17 heavy (non-hydrogen) atoms. The molecular formula is C9H16N4O2S2. The Morgan fingerprint density at radius 1 is 1.65 bits per heavy atom. The number of nitrogens with two attached hydrogens (primary N) is 1. The highest BCUT2D eigenvalue weighted by Crippen LogP contribution is 2.04. The molecule has 0 bridgehead atoms. The Balaban J connectivity index is 2.52. The highest BCUT2D eigenvalue weighted by molar-refractivity contribution is 7.93. The van der Waals surface area contributed by atoms with Crippen LogP contribution in [0.2, 0.25) is 0 Å². The van der Waals surface area contributed by atoms with Crippen LogP contribution in [0.5, 0.6) is 0 Å². The van der Waals surface area contributed by atoms with E-state index in [0.717, 1.165) is 0 Å². The molecule has 0 fully saturated rings. The topological polar surface area (TPSA) is 90.0 Å². The Hall–Kier alpha value is -0.990. The Morgan fingerprint density at radius 2 is 2.35 bits per heavy atom. The van der Waals surface area contributed by atoms with Crippen LogP contribution >= 0.6 is 12.2 Å². The lowest BCUT2D eigenvalue weighted by molar-refractivity contribution is 0.566. The summed E-state index contributed by atoms with van der Waals surface area (Å²) >= 11 is 4.74. The Bertz CT molecular complexity index is 455. The van der Waals surface area contributed by atoms with Gasteiger partial charge in [-0.25, -0.2) is 18.1 Å². The van der Waals surface area contributed by atoms with E-state index in [1.54, 1.807) is 30.2 Å². The fourth-order valence-electron chi connectivity index (χ4n) is 1.41. The van der Waals surface area contributed by atoms with Crippen molar-refractivity contribution in [1.29, 1.82) is 0 Å². The molecule has 1 heterocycles. The molecule has 1 atom stereocenters. The molecule has 1 aromatic heterocycles. The third-order valence-corrected chi connectivity index (χ3v) is 4.67. The van der Waals surface area contributed by atoms with E-state index in [1.807, 2.05) is 0 Å². The van der Waals surface area contributed by atoms with Crippen LogP contribution in [-0.4, -0.2) is 34.8 Å². The Labute approximate surface area is 106 Å². The van der Waals surface area contributed by atoms with Gasteiger partial charge in [-0.3, -0.25) is 0 Å². The lowest BCUT2D eigenvalue weighted by Crippen LogP contribution is -2.42. The molecule has 0 saturated carbocycles. The fraction of sp³-hybridized carbons (Fsp3) is 0.556. The standard InChI is InChI=1S/C9H16N4O2S2/c1-2-8(9(10)16)17(14,15)12-4-6-13-5-3-11-7-13/h3,5,7-8,12H,2,4,6H2,1H3,(H2,10,16). The van der Waals surface area contributed by atoms with Crippen molar-refractivity contribution in [2.45, 2.75) is 25.1 Å². The summed E-state index contributed by atoms with van der Waals surface area (Å²) in [6.45, 7) is 2.55. The van der Waals surface area contributed by atoms with Crippen molar-refractivity contribution in [2.24, 2.45) is 5.73 Å². The minimum atomic E-state index is -3.47. The summed E-state index contributed by atoms with van der Waals surface area (Å²) in [7, 11) is -3.47. The van der Waals surface area contributed by atoms with Crippen LogP contribution in [0.15, 0.2) is 18.7 Å². The summed E-state index contributed by atoms with van der Waals surface area (Å²) in [5, 5.41) is -0.805. The smallest absolute Gasteiger partial charge is 0.221 e. The van der Waals surface area contributed by atoms with Gasteiger partial charge in [0.05, 0.1) is 11.3 Å². The van der Waals surface area contributed by atoms with E-state index in [4.69, 9.17) is 18.0 Å². The average molecular weight is 276 g/mol. The van der Waals surface area contributed by atoms with E-state index in [0.29, 0.717) is 13.0 Å². The average Bonchev–Trinajstić information content (AvgIpc) is 2.69. The molecule has 96 valence electrons. The zero-order valence-corrected chi connectivity index (χ0v) is 11.2. The normalized spacial score (nSPS) is 13.5. The highest BCUT2D eigenvalue weighted by atomic mass is 32.2. The number of hydrogen-bond donors (Lipinski definition) is 2. The third kappa shape index (κ3) is 4.06. The van der Waals surface area contributed by atoms with Crippen LogP contribution in [0, 0.1) is 0 Å². The number of rotatable bonds is 7. The lowest BCUT2D eigenvalue weighted by Gasteiger charge is -2.15. The number of nitrogens with zero attached hydrogens (tertiary/aromatic N) is 2. The number of aromatic nitrogens is 2. The fourth-order valence-corrected chi connectivity index (χ4v) is 3.28. The van der Waals surface area contributed by atoms with Crippen LogP contribution in [0.3, 0.4) is 0 Å². The molecule has 0 amide bonds. The van der Waals surface area contributed by atoms with Gasteiger partial charge in [-0.05, 0) is 6.42 Å². The second-order valence-corrected chi connectivity index (χ2v) is 5.96. The molecule has 0 saturated heterocycles. The van der Waals surface area contributed by atoms with Gasteiger partial charge in [0.15, 0.2) is 0 Å². The number of sulfonamides is 1. The first-order valence-electron chi connectivity index (χ1n) is 5.21. The van der Waals surface area contributed by atoms with Gasteiger partial charge in [0.2, 0.25) is 10.0 Å². The van der Waals surface area contributed by atoms with E-state index in [2.05, 4.69) is 9.71 Å². The van der Waals surface area contributed by atoms with Gasteiger partial charge in [0.1, 0.15) is 5.25 Å². The van der Waals surface area contributed by atoms with Crippen molar-refractivity contribution in [2.75, 3.05) is 6.54 Å². The molecule has 1 unspecified atom stereocenters. The SMILES string of the molecule is CCC(C(N)=S)S(=O)(=O)NCCn1ccnc1. The van der Waals surface area contributed by atoms with Crippen LogP contribution < -0.4 is 10.5 Å². The monoisotopic (exact) mass is 276 g/mol.